The molecule has 0 aromatic heterocycles. The topological polar surface area (TPSA) is 100 Å². The summed E-state index contributed by atoms with van der Waals surface area (Å²) in [6, 6.07) is 3.56. The molecule has 0 aromatic rings. The van der Waals surface area contributed by atoms with Crippen LogP contribution in [0.5, 0.6) is 0 Å². The fourth-order valence-electron chi connectivity index (χ4n) is 1.47. The lowest BCUT2D eigenvalue weighted by Crippen LogP contribution is -2.25. The number of nitriles is 2. The van der Waals surface area contributed by atoms with Crippen molar-refractivity contribution in [1.29, 1.82) is 10.5 Å². The summed E-state index contributed by atoms with van der Waals surface area (Å²) in [5.74, 6) is -3.62. The molecular weight excluding hydrogens is 272 g/mol. The summed E-state index contributed by atoms with van der Waals surface area (Å²) in [5.41, 5.74) is 0. The van der Waals surface area contributed by atoms with Crippen molar-refractivity contribution in [2.75, 3.05) is 13.2 Å². The van der Waals surface area contributed by atoms with Crippen LogP contribution >= 0.6 is 0 Å². The average molecular weight is 294 g/mol. The van der Waals surface area contributed by atoms with Gasteiger partial charge in [-0.2, -0.15) is 10.5 Å². The molecular formula is C15H22N2O4. The van der Waals surface area contributed by atoms with E-state index >= 15 is 0 Å². The molecule has 0 aliphatic heterocycles. The number of unbranched alkanes of at least 4 members (excludes halogenated alkanes) is 2. The van der Waals surface area contributed by atoms with E-state index in [1.54, 1.807) is 12.1 Å². The molecule has 0 aliphatic rings. The third kappa shape index (κ3) is 7.94. The molecule has 21 heavy (non-hydrogen) atoms. The summed E-state index contributed by atoms with van der Waals surface area (Å²) in [5, 5.41) is 18.0. The van der Waals surface area contributed by atoms with Crippen LogP contribution in [0.3, 0.4) is 0 Å². The Morgan fingerprint density at radius 2 is 1.29 bits per heavy atom. The van der Waals surface area contributed by atoms with E-state index in [9.17, 15) is 9.59 Å². The van der Waals surface area contributed by atoms with Crippen molar-refractivity contribution in [3.8, 4) is 12.1 Å². The van der Waals surface area contributed by atoms with Gasteiger partial charge in [0.15, 0.2) is 0 Å². The van der Waals surface area contributed by atoms with Crippen molar-refractivity contribution in [3.63, 3.8) is 0 Å². The second-order valence-electron chi connectivity index (χ2n) is 4.64. The molecule has 2 atom stereocenters. The SMILES string of the molecule is CCCCOC(=O)C(C#N)CC(C#N)C(=O)OCCCC. The normalized spacial score (nSPS) is 12.6. The zero-order valence-corrected chi connectivity index (χ0v) is 12.6. The highest BCUT2D eigenvalue weighted by Crippen LogP contribution is 2.15. The van der Waals surface area contributed by atoms with E-state index in [4.69, 9.17) is 20.0 Å². The van der Waals surface area contributed by atoms with Gasteiger partial charge in [-0.15, -0.1) is 0 Å². The van der Waals surface area contributed by atoms with Crippen LogP contribution in [0.25, 0.3) is 0 Å². The average Bonchev–Trinajstić information content (AvgIpc) is 2.48. The summed E-state index contributed by atoms with van der Waals surface area (Å²) in [6.07, 6.45) is 2.97. The Labute approximate surface area is 125 Å². The fourth-order valence-corrected chi connectivity index (χ4v) is 1.47. The van der Waals surface area contributed by atoms with E-state index in [0.717, 1.165) is 12.8 Å². The highest BCUT2D eigenvalue weighted by Gasteiger charge is 2.29. The number of nitrogens with zero attached hydrogens (tertiary/aromatic N) is 2. The zero-order chi connectivity index (χ0) is 16.1. The van der Waals surface area contributed by atoms with Gasteiger partial charge in [0, 0.05) is 6.42 Å². The molecule has 0 fully saturated rings. The maximum absolute atomic E-state index is 11.7. The van der Waals surface area contributed by atoms with E-state index in [-0.39, 0.29) is 19.6 Å². The Bertz CT molecular complexity index is 371. The van der Waals surface area contributed by atoms with E-state index in [1.165, 1.54) is 0 Å². The molecule has 6 heteroatoms. The molecule has 0 N–H and O–H groups in total. The van der Waals surface area contributed by atoms with Crippen LogP contribution in [0, 0.1) is 34.5 Å². The molecule has 0 saturated heterocycles. The van der Waals surface area contributed by atoms with Gasteiger partial charge >= 0.3 is 11.9 Å². The fraction of sp³-hybridized carbons (Fsp3) is 0.733. The van der Waals surface area contributed by atoms with Gasteiger partial charge in [-0.3, -0.25) is 9.59 Å². The number of hydrogen-bond donors (Lipinski definition) is 0. The minimum Gasteiger partial charge on any atom is -0.465 e. The molecule has 6 nitrogen and oxygen atoms in total. The highest BCUT2D eigenvalue weighted by molar-refractivity contribution is 5.79. The number of rotatable bonds is 10. The lowest BCUT2D eigenvalue weighted by atomic mass is 9.96. The van der Waals surface area contributed by atoms with Gasteiger partial charge in [0.2, 0.25) is 0 Å². The Kier molecular flexibility index (Phi) is 10.6. The van der Waals surface area contributed by atoms with Crippen molar-refractivity contribution in [1.82, 2.24) is 0 Å². The largest absolute Gasteiger partial charge is 0.465 e. The van der Waals surface area contributed by atoms with Crippen LogP contribution in [0.2, 0.25) is 0 Å². The summed E-state index contributed by atoms with van der Waals surface area (Å²) in [6.45, 7) is 4.39. The first-order chi connectivity index (χ1) is 10.1. The predicted octanol–water partition coefficient (Wildman–Crippen LogP) is 2.34. The van der Waals surface area contributed by atoms with E-state index in [0.29, 0.717) is 12.8 Å². The van der Waals surface area contributed by atoms with Crippen LogP contribution in [0.4, 0.5) is 0 Å². The molecule has 0 rings (SSSR count). The van der Waals surface area contributed by atoms with E-state index in [1.807, 2.05) is 13.8 Å². The lowest BCUT2D eigenvalue weighted by Gasteiger charge is -2.12. The Morgan fingerprint density at radius 1 is 0.905 bits per heavy atom. The molecule has 0 radical (unpaired) electrons. The lowest BCUT2D eigenvalue weighted by molar-refractivity contribution is -0.149. The third-order valence-electron chi connectivity index (χ3n) is 2.84. The minimum atomic E-state index is -1.12. The summed E-state index contributed by atoms with van der Waals surface area (Å²) < 4.78 is 9.87. The van der Waals surface area contributed by atoms with Crippen LogP contribution in [0.1, 0.15) is 46.0 Å². The first-order valence-corrected chi connectivity index (χ1v) is 7.23. The van der Waals surface area contributed by atoms with Gasteiger partial charge in [-0.1, -0.05) is 26.7 Å². The molecule has 0 spiro atoms. The molecule has 116 valence electrons. The van der Waals surface area contributed by atoms with Crippen LogP contribution in [0.15, 0.2) is 0 Å². The van der Waals surface area contributed by atoms with Crippen LogP contribution in [-0.4, -0.2) is 25.2 Å². The molecule has 2 unspecified atom stereocenters. The molecule has 0 aromatic carbocycles. The summed E-state index contributed by atoms with van der Waals surface area (Å²) in [4.78, 5) is 23.4. The number of ether oxygens (including phenoxy) is 2. The first-order valence-electron chi connectivity index (χ1n) is 7.23. The Balaban J connectivity index is 4.42. The van der Waals surface area contributed by atoms with Crippen LogP contribution in [-0.2, 0) is 19.1 Å². The quantitative estimate of drug-likeness (QED) is 0.453. The third-order valence-corrected chi connectivity index (χ3v) is 2.84. The van der Waals surface area contributed by atoms with Gasteiger partial charge in [-0.05, 0) is 12.8 Å². The predicted molar refractivity (Wildman–Crippen MR) is 74.6 cm³/mol. The van der Waals surface area contributed by atoms with Gasteiger partial charge in [0.05, 0.1) is 25.4 Å². The second kappa shape index (κ2) is 11.7. The van der Waals surface area contributed by atoms with Crippen molar-refractivity contribution < 1.29 is 19.1 Å². The van der Waals surface area contributed by atoms with E-state index in [2.05, 4.69) is 0 Å². The number of carbonyl (C=O) groups excluding carboxylic acids is 2. The maximum atomic E-state index is 11.7. The first kappa shape index (κ1) is 18.9. The molecule has 0 amide bonds. The number of hydrogen-bond acceptors (Lipinski definition) is 6. The maximum Gasteiger partial charge on any atom is 0.323 e. The molecule has 0 heterocycles. The Morgan fingerprint density at radius 3 is 1.57 bits per heavy atom. The van der Waals surface area contributed by atoms with Gasteiger partial charge in [0.25, 0.3) is 0 Å². The van der Waals surface area contributed by atoms with E-state index < -0.39 is 23.8 Å². The van der Waals surface area contributed by atoms with Crippen molar-refractivity contribution in [2.45, 2.75) is 46.0 Å². The molecule has 0 aliphatic carbocycles. The minimum absolute atomic E-state index is 0.192. The number of esters is 2. The van der Waals surface area contributed by atoms with Gasteiger partial charge in [0.1, 0.15) is 11.8 Å². The van der Waals surface area contributed by atoms with Gasteiger partial charge in [-0.25, -0.2) is 0 Å². The van der Waals surface area contributed by atoms with Crippen molar-refractivity contribution >= 4 is 11.9 Å². The smallest absolute Gasteiger partial charge is 0.323 e. The second-order valence-corrected chi connectivity index (χ2v) is 4.64. The molecule has 0 bridgehead atoms. The summed E-state index contributed by atoms with van der Waals surface area (Å²) in [7, 11) is 0. The van der Waals surface area contributed by atoms with Gasteiger partial charge < -0.3 is 9.47 Å². The van der Waals surface area contributed by atoms with Crippen molar-refractivity contribution in [2.24, 2.45) is 11.8 Å². The van der Waals surface area contributed by atoms with Crippen LogP contribution < -0.4 is 0 Å². The number of carbonyl (C=O) groups is 2. The monoisotopic (exact) mass is 294 g/mol. The standard InChI is InChI=1S/C15H22N2O4/c1-3-5-7-20-14(18)12(10-16)9-13(11-17)15(19)21-8-6-4-2/h12-13H,3-9H2,1-2H3. The summed E-state index contributed by atoms with van der Waals surface area (Å²) >= 11 is 0. The Hall–Kier alpha value is -2.08. The van der Waals surface area contributed by atoms with Crippen molar-refractivity contribution in [3.05, 3.63) is 0 Å². The highest BCUT2D eigenvalue weighted by atomic mass is 16.5. The molecule has 0 saturated carbocycles. The zero-order valence-electron chi connectivity index (χ0n) is 12.6.